The summed E-state index contributed by atoms with van der Waals surface area (Å²) in [7, 11) is 1.26. The van der Waals surface area contributed by atoms with E-state index in [0.29, 0.717) is 28.7 Å². The van der Waals surface area contributed by atoms with Crippen molar-refractivity contribution in [1.82, 2.24) is 5.32 Å². The minimum atomic E-state index is -0.946. The maximum Gasteiger partial charge on any atom is 0.407 e. The first-order valence-corrected chi connectivity index (χ1v) is 11.0. The number of ether oxygens (including phenoxy) is 2. The lowest BCUT2D eigenvalue weighted by atomic mass is 9.82. The Balaban J connectivity index is 0.00000306. The third kappa shape index (κ3) is 5.81. The van der Waals surface area contributed by atoms with Crippen LogP contribution in [0.1, 0.15) is 34.8 Å². The number of hydrogen-bond acceptors (Lipinski definition) is 5. The van der Waals surface area contributed by atoms with Crippen LogP contribution in [-0.2, 0) is 14.3 Å². The fourth-order valence-corrected chi connectivity index (χ4v) is 4.91. The highest BCUT2D eigenvalue weighted by Gasteiger charge is 2.49. The first-order chi connectivity index (χ1) is 15.5. The van der Waals surface area contributed by atoms with Crippen LogP contribution in [0, 0.1) is 5.92 Å². The van der Waals surface area contributed by atoms with E-state index in [0.717, 1.165) is 25.9 Å². The summed E-state index contributed by atoms with van der Waals surface area (Å²) in [5, 5.41) is 2.58. The second-order valence-corrected chi connectivity index (χ2v) is 8.71. The molecule has 0 aromatic heterocycles. The zero-order valence-corrected chi connectivity index (χ0v) is 20.2. The molecule has 1 unspecified atom stereocenters. The number of alkyl carbamates (subject to hydrolysis) is 1. The lowest BCUT2D eigenvalue weighted by Gasteiger charge is -2.51. The number of hydrogen-bond donors (Lipinski definition) is 1. The van der Waals surface area contributed by atoms with Crippen LogP contribution in [0.4, 0.5) is 4.79 Å². The van der Waals surface area contributed by atoms with Gasteiger partial charge in [-0.05, 0) is 5.56 Å². The second-order valence-electron chi connectivity index (χ2n) is 8.71. The Morgan fingerprint density at radius 2 is 1.61 bits per heavy atom. The molecule has 5 rings (SSSR count). The number of rotatable bonds is 7. The van der Waals surface area contributed by atoms with Gasteiger partial charge in [0.15, 0.2) is 12.1 Å². The van der Waals surface area contributed by atoms with Gasteiger partial charge in [-0.3, -0.25) is 4.79 Å². The van der Waals surface area contributed by atoms with E-state index < -0.39 is 18.1 Å². The number of piperidine rings is 3. The van der Waals surface area contributed by atoms with Crippen LogP contribution in [0.15, 0.2) is 60.7 Å². The van der Waals surface area contributed by atoms with E-state index in [-0.39, 0.29) is 34.8 Å². The third-order valence-corrected chi connectivity index (χ3v) is 6.70. The minimum Gasteiger partial charge on any atom is -1.00 e. The molecule has 2 aromatic rings. The SMILES string of the molecule is COC(=O)NC(C(=O)O[C@H]1C[N+]2(CC(=O)c3ccccc3)CCC1CC2)c1ccccc1.[Br-]. The van der Waals surface area contributed by atoms with E-state index >= 15 is 0 Å². The lowest BCUT2D eigenvalue weighted by Crippen LogP contribution is -3.00. The van der Waals surface area contributed by atoms with Crippen molar-refractivity contribution >= 4 is 17.8 Å². The molecule has 2 bridgehead atoms. The molecule has 0 saturated carbocycles. The molecule has 3 fully saturated rings. The van der Waals surface area contributed by atoms with Crippen LogP contribution in [0.2, 0.25) is 0 Å². The quantitative estimate of drug-likeness (QED) is 0.321. The molecule has 33 heavy (non-hydrogen) atoms. The van der Waals surface area contributed by atoms with Gasteiger partial charge in [-0.25, -0.2) is 9.59 Å². The van der Waals surface area contributed by atoms with E-state index in [9.17, 15) is 14.4 Å². The molecule has 2 atom stereocenters. The summed E-state index contributed by atoms with van der Waals surface area (Å²) in [6.07, 6.45) is 0.863. The average Bonchev–Trinajstić information content (AvgIpc) is 2.83. The number of benzene rings is 2. The number of esters is 1. The topological polar surface area (TPSA) is 81.7 Å². The van der Waals surface area contributed by atoms with Crippen LogP contribution >= 0.6 is 0 Å². The summed E-state index contributed by atoms with van der Waals surface area (Å²) < 4.78 is 11.3. The van der Waals surface area contributed by atoms with Gasteiger partial charge in [0.2, 0.25) is 5.78 Å². The fraction of sp³-hybridized carbons (Fsp3) is 0.400. The largest absolute Gasteiger partial charge is 1.00 e. The smallest absolute Gasteiger partial charge is 0.407 e. The first kappa shape index (κ1) is 24.9. The molecule has 3 saturated heterocycles. The van der Waals surface area contributed by atoms with Gasteiger partial charge in [-0.15, -0.1) is 0 Å². The van der Waals surface area contributed by atoms with Gasteiger partial charge < -0.3 is 36.3 Å². The van der Waals surface area contributed by atoms with Crippen LogP contribution in [-0.4, -0.2) is 61.7 Å². The number of ketones is 1. The predicted molar refractivity (Wildman–Crippen MR) is 118 cm³/mol. The number of amides is 1. The number of nitrogens with one attached hydrogen (secondary N) is 1. The molecule has 0 spiro atoms. The van der Waals surface area contributed by atoms with Crippen molar-refractivity contribution in [3.8, 4) is 0 Å². The lowest BCUT2D eigenvalue weighted by molar-refractivity contribution is -0.938. The predicted octanol–water partition coefficient (Wildman–Crippen LogP) is 0.123. The van der Waals surface area contributed by atoms with Crippen molar-refractivity contribution in [3.05, 3.63) is 71.8 Å². The van der Waals surface area contributed by atoms with Crippen LogP contribution in [0.5, 0.6) is 0 Å². The van der Waals surface area contributed by atoms with Crippen molar-refractivity contribution in [2.45, 2.75) is 25.0 Å². The number of Topliss-reactive ketones (excluding diaryl/α,β-unsaturated/α-hetero) is 1. The first-order valence-electron chi connectivity index (χ1n) is 11.0. The number of carbonyl (C=O) groups excluding carboxylic acids is 3. The zero-order chi connectivity index (χ0) is 22.6. The molecule has 0 aliphatic carbocycles. The summed E-state index contributed by atoms with van der Waals surface area (Å²) in [5.41, 5.74) is 1.35. The number of methoxy groups -OCH3 is 1. The maximum absolute atomic E-state index is 13.1. The summed E-state index contributed by atoms with van der Waals surface area (Å²) >= 11 is 0. The molecule has 3 aliphatic heterocycles. The Morgan fingerprint density at radius 3 is 2.21 bits per heavy atom. The molecule has 1 amide bonds. The van der Waals surface area contributed by atoms with Gasteiger partial charge in [0.05, 0.1) is 20.2 Å². The van der Waals surface area contributed by atoms with Gasteiger partial charge in [0.1, 0.15) is 13.1 Å². The maximum atomic E-state index is 13.1. The van der Waals surface area contributed by atoms with Crippen molar-refractivity contribution in [1.29, 1.82) is 0 Å². The van der Waals surface area contributed by atoms with Gasteiger partial charge in [0.25, 0.3) is 0 Å². The van der Waals surface area contributed by atoms with Crippen molar-refractivity contribution < 1.29 is 45.3 Å². The van der Waals surface area contributed by atoms with Gasteiger partial charge >= 0.3 is 12.1 Å². The zero-order valence-electron chi connectivity index (χ0n) is 18.6. The normalized spacial score (nSPS) is 24.2. The molecule has 1 N–H and O–H groups in total. The fourth-order valence-electron chi connectivity index (χ4n) is 4.91. The van der Waals surface area contributed by atoms with E-state index in [1.54, 1.807) is 24.3 Å². The van der Waals surface area contributed by atoms with Gasteiger partial charge in [-0.2, -0.15) is 0 Å². The highest BCUT2D eigenvalue weighted by Crippen LogP contribution is 2.36. The highest BCUT2D eigenvalue weighted by atomic mass is 79.9. The number of carbonyl (C=O) groups is 3. The van der Waals surface area contributed by atoms with Crippen LogP contribution < -0.4 is 22.3 Å². The van der Waals surface area contributed by atoms with Crippen LogP contribution in [0.3, 0.4) is 0 Å². The van der Waals surface area contributed by atoms with E-state index in [1.165, 1.54) is 7.11 Å². The number of quaternary nitrogens is 1. The Kier molecular flexibility index (Phi) is 8.26. The molecular weight excluding hydrogens is 488 g/mol. The standard InChI is InChI=1S/C25H28N2O5.BrH/c1-31-25(30)26-23(20-10-6-3-7-11-20)24(29)32-22-17-27(14-12-19(22)13-15-27)16-21(28)18-8-4-2-5-9-18;/h2-11,19,22-23H,12-17H2,1H3;1H/t19?,22-,23?,27?;/m0./s1. The summed E-state index contributed by atoms with van der Waals surface area (Å²) in [5.74, 6) is -0.112. The van der Waals surface area contributed by atoms with Gasteiger partial charge in [-0.1, -0.05) is 60.7 Å². The van der Waals surface area contributed by atoms with E-state index in [4.69, 9.17) is 9.47 Å². The van der Waals surface area contributed by atoms with Gasteiger partial charge in [0, 0.05) is 24.3 Å². The third-order valence-electron chi connectivity index (χ3n) is 6.70. The van der Waals surface area contributed by atoms with E-state index in [1.807, 2.05) is 36.4 Å². The van der Waals surface area contributed by atoms with Crippen LogP contribution in [0.25, 0.3) is 0 Å². The Hall–Kier alpha value is -2.71. The van der Waals surface area contributed by atoms with Crippen molar-refractivity contribution in [3.63, 3.8) is 0 Å². The van der Waals surface area contributed by atoms with Crippen molar-refractivity contribution in [2.75, 3.05) is 33.3 Å². The second kappa shape index (κ2) is 10.9. The minimum absolute atomic E-state index is 0. The average molecular weight is 517 g/mol. The summed E-state index contributed by atoms with van der Waals surface area (Å²) in [6.45, 7) is 2.86. The monoisotopic (exact) mass is 516 g/mol. The van der Waals surface area contributed by atoms with E-state index in [2.05, 4.69) is 5.32 Å². The molecule has 3 aliphatic rings. The highest BCUT2D eigenvalue weighted by molar-refractivity contribution is 5.97. The molecule has 3 heterocycles. The molecular formula is C25H29BrN2O5. The molecule has 0 radical (unpaired) electrons. The molecule has 2 aromatic carbocycles. The Labute approximate surface area is 204 Å². The molecule has 176 valence electrons. The number of fused-ring (bicyclic) bond motifs is 3. The number of nitrogens with zero attached hydrogens (tertiary/aromatic N) is 1. The number of halogens is 1. The summed E-state index contributed by atoms with van der Waals surface area (Å²) in [6, 6.07) is 17.4. The van der Waals surface area contributed by atoms with Crippen molar-refractivity contribution in [2.24, 2.45) is 5.92 Å². The summed E-state index contributed by atoms with van der Waals surface area (Å²) in [4.78, 5) is 37.9. The molecule has 7 nitrogen and oxygen atoms in total. The Morgan fingerprint density at radius 1 is 1.00 bits per heavy atom. The Bertz CT molecular complexity index is 961. The molecule has 8 heteroatoms.